The van der Waals surface area contributed by atoms with E-state index >= 15 is 0 Å². The first-order valence-electron chi connectivity index (χ1n) is 6.76. The fourth-order valence-corrected chi connectivity index (χ4v) is 2.25. The van der Waals surface area contributed by atoms with Crippen molar-refractivity contribution in [2.75, 3.05) is 5.32 Å². The molecule has 0 radical (unpaired) electrons. The molecular formula is C17H19NO2. The molecule has 3 heteroatoms. The number of hydrogen-bond donors (Lipinski definition) is 2. The molecule has 0 atom stereocenters. The maximum atomic E-state index is 10.7. The summed E-state index contributed by atoms with van der Waals surface area (Å²) in [6.07, 6.45) is 1.03. The second-order valence-electron chi connectivity index (χ2n) is 4.86. The van der Waals surface area contributed by atoms with Crippen molar-refractivity contribution in [3.63, 3.8) is 0 Å². The highest BCUT2D eigenvalue weighted by molar-refractivity contribution is 5.72. The lowest BCUT2D eigenvalue weighted by molar-refractivity contribution is -0.136. The molecule has 104 valence electrons. The molecule has 3 nitrogen and oxygen atoms in total. The Morgan fingerprint density at radius 3 is 2.55 bits per heavy atom. The predicted molar refractivity (Wildman–Crippen MR) is 81.6 cm³/mol. The second kappa shape index (κ2) is 6.24. The van der Waals surface area contributed by atoms with Crippen LogP contribution in [0, 0.1) is 6.92 Å². The molecule has 2 rings (SSSR count). The van der Waals surface area contributed by atoms with Crippen molar-refractivity contribution in [1.82, 2.24) is 0 Å². The number of nitrogens with one attached hydrogen (secondary N) is 1. The van der Waals surface area contributed by atoms with Crippen LogP contribution in [-0.4, -0.2) is 11.1 Å². The lowest BCUT2D eigenvalue weighted by Gasteiger charge is -2.13. The van der Waals surface area contributed by atoms with E-state index in [-0.39, 0.29) is 6.42 Å². The molecule has 0 aliphatic heterocycles. The summed E-state index contributed by atoms with van der Waals surface area (Å²) >= 11 is 0. The zero-order chi connectivity index (χ0) is 14.5. The molecule has 0 unspecified atom stereocenters. The first-order valence-corrected chi connectivity index (χ1v) is 6.76. The monoisotopic (exact) mass is 269 g/mol. The fraction of sp³-hybridized carbons (Fsp3) is 0.235. The maximum absolute atomic E-state index is 10.7. The van der Waals surface area contributed by atoms with E-state index in [1.54, 1.807) is 0 Å². The summed E-state index contributed by atoms with van der Waals surface area (Å²) in [7, 11) is 0. The SMILES string of the molecule is CCc1ccccc1Nc1ccc(CC(=O)O)cc1C. The highest BCUT2D eigenvalue weighted by Crippen LogP contribution is 2.24. The van der Waals surface area contributed by atoms with Crippen molar-refractivity contribution in [2.24, 2.45) is 0 Å². The van der Waals surface area contributed by atoms with Crippen LogP contribution in [0.25, 0.3) is 0 Å². The van der Waals surface area contributed by atoms with Crippen LogP contribution in [0.3, 0.4) is 0 Å². The van der Waals surface area contributed by atoms with Gasteiger partial charge in [-0.15, -0.1) is 0 Å². The minimum Gasteiger partial charge on any atom is -0.481 e. The topological polar surface area (TPSA) is 49.3 Å². The van der Waals surface area contributed by atoms with Gasteiger partial charge in [0.05, 0.1) is 6.42 Å². The summed E-state index contributed by atoms with van der Waals surface area (Å²) < 4.78 is 0. The fourth-order valence-electron chi connectivity index (χ4n) is 2.25. The lowest BCUT2D eigenvalue weighted by atomic mass is 10.1. The van der Waals surface area contributed by atoms with Crippen molar-refractivity contribution >= 4 is 17.3 Å². The summed E-state index contributed by atoms with van der Waals surface area (Å²) in [5.74, 6) is -0.804. The average molecular weight is 269 g/mol. The molecule has 0 aliphatic rings. The Bertz CT molecular complexity index is 620. The standard InChI is InChI=1S/C17H19NO2/c1-3-14-6-4-5-7-16(14)18-15-9-8-13(10-12(15)2)11-17(19)20/h4-10,18H,3,11H2,1-2H3,(H,19,20). The van der Waals surface area contributed by atoms with Gasteiger partial charge < -0.3 is 10.4 Å². The van der Waals surface area contributed by atoms with Crippen molar-refractivity contribution < 1.29 is 9.90 Å². The molecule has 0 fully saturated rings. The lowest BCUT2D eigenvalue weighted by Crippen LogP contribution is -2.02. The van der Waals surface area contributed by atoms with Crippen molar-refractivity contribution in [3.8, 4) is 0 Å². The quantitative estimate of drug-likeness (QED) is 0.864. The van der Waals surface area contributed by atoms with Crippen LogP contribution in [0.15, 0.2) is 42.5 Å². The van der Waals surface area contributed by atoms with Crippen LogP contribution < -0.4 is 5.32 Å². The first kappa shape index (κ1) is 14.1. The maximum Gasteiger partial charge on any atom is 0.307 e. The Labute approximate surface area is 119 Å². The van der Waals surface area contributed by atoms with Gasteiger partial charge >= 0.3 is 5.97 Å². The molecule has 0 amide bonds. The molecule has 0 saturated carbocycles. The van der Waals surface area contributed by atoms with Gasteiger partial charge in [0, 0.05) is 11.4 Å². The molecule has 0 saturated heterocycles. The second-order valence-corrected chi connectivity index (χ2v) is 4.86. The van der Waals surface area contributed by atoms with E-state index in [2.05, 4.69) is 24.4 Å². The minimum atomic E-state index is -0.804. The molecule has 20 heavy (non-hydrogen) atoms. The summed E-state index contributed by atoms with van der Waals surface area (Å²) in [6.45, 7) is 4.12. The van der Waals surface area contributed by atoms with Gasteiger partial charge in [-0.2, -0.15) is 0 Å². The van der Waals surface area contributed by atoms with Gasteiger partial charge in [-0.3, -0.25) is 4.79 Å². The molecule has 0 aromatic heterocycles. The number of carbonyl (C=O) groups is 1. The van der Waals surface area contributed by atoms with E-state index < -0.39 is 5.97 Å². The number of benzene rings is 2. The van der Waals surface area contributed by atoms with Crippen molar-refractivity contribution in [2.45, 2.75) is 26.7 Å². The number of rotatable bonds is 5. The van der Waals surface area contributed by atoms with E-state index in [9.17, 15) is 4.79 Å². The number of carboxylic acids is 1. The highest BCUT2D eigenvalue weighted by Gasteiger charge is 2.05. The van der Waals surface area contributed by atoms with Gasteiger partial charge in [0.2, 0.25) is 0 Å². The van der Waals surface area contributed by atoms with Gasteiger partial charge in [0.1, 0.15) is 0 Å². The Balaban J connectivity index is 2.23. The van der Waals surface area contributed by atoms with Crippen LogP contribution in [0.1, 0.15) is 23.6 Å². The Morgan fingerprint density at radius 2 is 1.90 bits per heavy atom. The third-order valence-electron chi connectivity index (χ3n) is 3.31. The smallest absolute Gasteiger partial charge is 0.307 e. The van der Waals surface area contributed by atoms with E-state index in [4.69, 9.17) is 5.11 Å². The van der Waals surface area contributed by atoms with Gasteiger partial charge in [0.25, 0.3) is 0 Å². The summed E-state index contributed by atoms with van der Waals surface area (Å²) in [4.78, 5) is 10.7. The van der Waals surface area contributed by atoms with Gasteiger partial charge in [-0.1, -0.05) is 37.3 Å². The highest BCUT2D eigenvalue weighted by atomic mass is 16.4. The number of para-hydroxylation sites is 1. The number of hydrogen-bond acceptors (Lipinski definition) is 2. The Hall–Kier alpha value is -2.29. The summed E-state index contributed by atoms with van der Waals surface area (Å²) in [5, 5.41) is 12.2. The Morgan fingerprint density at radius 1 is 1.15 bits per heavy atom. The normalized spacial score (nSPS) is 10.3. The molecule has 0 bridgehead atoms. The van der Waals surface area contributed by atoms with E-state index in [0.29, 0.717) is 0 Å². The van der Waals surface area contributed by atoms with Crippen LogP contribution in [0.2, 0.25) is 0 Å². The van der Waals surface area contributed by atoms with Gasteiger partial charge in [-0.05, 0) is 42.2 Å². The van der Waals surface area contributed by atoms with Crippen molar-refractivity contribution in [3.05, 3.63) is 59.2 Å². The predicted octanol–water partition coefficient (Wildman–Crippen LogP) is 3.93. The number of anilines is 2. The van der Waals surface area contributed by atoms with Crippen LogP contribution in [-0.2, 0) is 17.6 Å². The average Bonchev–Trinajstić information content (AvgIpc) is 2.42. The molecule has 2 N–H and O–H groups in total. The molecule has 2 aromatic rings. The largest absolute Gasteiger partial charge is 0.481 e. The molecule has 2 aromatic carbocycles. The van der Waals surface area contributed by atoms with Crippen LogP contribution in [0.4, 0.5) is 11.4 Å². The molecule has 0 aliphatic carbocycles. The van der Waals surface area contributed by atoms with Gasteiger partial charge in [0.15, 0.2) is 0 Å². The van der Waals surface area contributed by atoms with Crippen LogP contribution >= 0.6 is 0 Å². The summed E-state index contributed by atoms with van der Waals surface area (Å²) in [6, 6.07) is 13.9. The van der Waals surface area contributed by atoms with Crippen molar-refractivity contribution in [1.29, 1.82) is 0 Å². The third-order valence-corrected chi connectivity index (χ3v) is 3.31. The van der Waals surface area contributed by atoms with E-state index in [0.717, 1.165) is 28.9 Å². The summed E-state index contributed by atoms with van der Waals surface area (Å²) in [5.41, 5.74) is 5.25. The number of carboxylic acid groups (broad SMARTS) is 1. The number of aliphatic carboxylic acids is 1. The minimum absolute atomic E-state index is 0.0622. The first-order chi connectivity index (χ1) is 9.60. The Kier molecular flexibility index (Phi) is 4.41. The molecule has 0 heterocycles. The third kappa shape index (κ3) is 3.38. The van der Waals surface area contributed by atoms with Gasteiger partial charge in [-0.25, -0.2) is 0 Å². The van der Waals surface area contributed by atoms with E-state index in [1.165, 1.54) is 5.56 Å². The van der Waals surface area contributed by atoms with Crippen LogP contribution in [0.5, 0.6) is 0 Å². The molecular weight excluding hydrogens is 250 g/mol. The zero-order valence-electron chi connectivity index (χ0n) is 11.8. The number of aryl methyl sites for hydroxylation is 2. The molecule has 0 spiro atoms. The van der Waals surface area contributed by atoms with E-state index in [1.807, 2.05) is 37.3 Å². The zero-order valence-corrected chi connectivity index (χ0v) is 11.8.